The minimum atomic E-state index is -2.36. The van der Waals surface area contributed by atoms with Gasteiger partial charge in [0.05, 0.1) is 11.3 Å². The normalized spacial score (nSPS) is 11.9. The van der Waals surface area contributed by atoms with Crippen molar-refractivity contribution < 1.29 is 18.7 Å². The van der Waals surface area contributed by atoms with Crippen LogP contribution in [0.5, 0.6) is 0 Å². The van der Waals surface area contributed by atoms with Gasteiger partial charge in [-0.15, -0.1) is 0 Å². The molecule has 104 valence electrons. The fourth-order valence-corrected chi connectivity index (χ4v) is 2.27. The number of aromatic nitrogens is 1. The molecule has 2 aromatic rings. The Morgan fingerprint density at radius 1 is 1.25 bits per heavy atom. The SMILES string of the molecule is Cc1cccc(N(c2cccc(C(=O)O)c2)S(=O)O)n1. The number of pyridine rings is 1. The Bertz CT molecular complexity index is 675. The molecule has 0 saturated heterocycles. The maximum atomic E-state index is 11.5. The fraction of sp³-hybridized carbons (Fsp3) is 0.0769. The van der Waals surface area contributed by atoms with Crippen molar-refractivity contribution >= 4 is 28.7 Å². The number of anilines is 2. The molecule has 0 fully saturated rings. The van der Waals surface area contributed by atoms with Crippen LogP contribution in [0.1, 0.15) is 16.1 Å². The van der Waals surface area contributed by atoms with Gasteiger partial charge in [-0.1, -0.05) is 12.1 Å². The third-order valence-corrected chi connectivity index (χ3v) is 3.28. The van der Waals surface area contributed by atoms with Crippen molar-refractivity contribution in [3.05, 3.63) is 53.7 Å². The third kappa shape index (κ3) is 3.01. The molecule has 0 aliphatic carbocycles. The van der Waals surface area contributed by atoms with E-state index < -0.39 is 17.2 Å². The first-order valence-corrected chi connectivity index (χ1v) is 6.73. The van der Waals surface area contributed by atoms with Crippen molar-refractivity contribution in [1.82, 2.24) is 4.98 Å². The first-order chi connectivity index (χ1) is 9.49. The lowest BCUT2D eigenvalue weighted by molar-refractivity contribution is 0.0697. The number of benzene rings is 1. The van der Waals surface area contributed by atoms with E-state index in [0.717, 1.165) is 4.31 Å². The second kappa shape index (κ2) is 5.81. The van der Waals surface area contributed by atoms with Gasteiger partial charge in [-0.25, -0.2) is 18.3 Å². The van der Waals surface area contributed by atoms with Crippen LogP contribution in [0.15, 0.2) is 42.5 Å². The summed E-state index contributed by atoms with van der Waals surface area (Å²) in [5, 5.41) is 8.97. The smallest absolute Gasteiger partial charge is 0.335 e. The van der Waals surface area contributed by atoms with Gasteiger partial charge in [-0.2, -0.15) is 0 Å². The van der Waals surface area contributed by atoms with E-state index in [4.69, 9.17) is 5.11 Å². The molecular weight excluding hydrogens is 280 g/mol. The number of rotatable bonds is 4. The van der Waals surface area contributed by atoms with E-state index >= 15 is 0 Å². The molecule has 1 aromatic heterocycles. The summed E-state index contributed by atoms with van der Waals surface area (Å²) in [7, 11) is 0. The number of aromatic carboxylic acids is 1. The molecular formula is C13H12N2O4S. The quantitative estimate of drug-likeness (QED) is 0.844. The Hall–Kier alpha value is -2.25. The van der Waals surface area contributed by atoms with Gasteiger partial charge in [0, 0.05) is 5.69 Å². The standard InChI is InChI=1S/C13H12N2O4S/c1-9-4-2-7-12(14-9)15(20(18)19)11-6-3-5-10(8-11)13(16)17/h2-8H,1H3,(H,16,17)(H,18,19). The van der Waals surface area contributed by atoms with E-state index in [0.29, 0.717) is 5.69 Å². The number of carboxylic acid groups (broad SMARTS) is 1. The zero-order valence-corrected chi connectivity index (χ0v) is 11.4. The van der Waals surface area contributed by atoms with Crippen molar-refractivity contribution in [3.63, 3.8) is 0 Å². The minimum absolute atomic E-state index is 0.0330. The first kappa shape index (κ1) is 14.2. The summed E-state index contributed by atoms with van der Waals surface area (Å²) >= 11 is -2.36. The summed E-state index contributed by atoms with van der Waals surface area (Å²) in [6.45, 7) is 1.76. The number of carbonyl (C=O) groups is 1. The minimum Gasteiger partial charge on any atom is -0.478 e. The molecule has 1 aromatic carbocycles. The molecule has 6 nitrogen and oxygen atoms in total. The number of nitrogens with zero attached hydrogens (tertiary/aromatic N) is 2. The summed E-state index contributed by atoms with van der Waals surface area (Å²) in [5.41, 5.74) is 1.00. The number of carboxylic acids is 1. The molecule has 0 spiro atoms. The lowest BCUT2D eigenvalue weighted by atomic mass is 10.2. The van der Waals surface area contributed by atoms with E-state index in [-0.39, 0.29) is 17.1 Å². The predicted molar refractivity (Wildman–Crippen MR) is 75.3 cm³/mol. The second-order valence-corrected chi connectivity index (χ2v) is 4.84. The van der Waals surface area contributed by atoms with E-state index in [1.807, 2.05) is 0 Å². The third-order valence-electron chi connectivity index (χ3n) is 2.57. The molecule has 7 heteroatoms. The molecule has 0 radical (unpaired) electrons. The molecule has 0 bridgehead atoms. The maximum Gasteiger partial charge on any atom is 0.335 e. The van der Waals surface area contributed by atoms with E-state index in [1.54, 1.807) is 31.2 Å². The molecule has 1 unspecified atom stereocenters. The van der Waals surface area contributed by atoms with Crippen LogP contribution < -0.4 is 4.31 Å². The molecule has 0 amide bonds. The van der Waals surface area contributed by atoms with Gasteiger partial charge in [-0.3, -0.25) is 4.55 Å². The van der Waals surface area contributed by atoms with E-state index in [9.17, 15) is 13.6 Å². The lowest BCUT2D eigenvalue weighted by Gasteiger charge is -2.19. The van der Waals surface area contributed by atoms with Gasteiger partial charge in [0.2, 0.25) is 0 Å². The first-order valence-electron chi connectivity index (χ1n) is 5.67. The van der Waals surface area contributed by atoms with Crippen molar-refractivity contribution in [2.24, 2.45) is 0 Å². The van der Waals surface area contributed by atoms with Crippen LogP contribution in [-0.2, 0) is 11.3 Å². The van der Waals surface area contributed by atoms with Gasteiger partial charge in [0.15, 0.2) is 0 Å². The van der Waals surface area contributed by atoms with Crippen LogP contribution in [0.2, 0.25) is 0 Å². The van der Waals surface area contributed by atoms with Crippen LogP contribution in [0.4, 0.5) is 11.5 Å². The van der Waals surface area contributed by atoms with Gasteiger partial charge in [-0.05, 0) is 37.3 Å². The van der Waals surface area contributed by atoms with E-state index in [2.05, 4.69) is 4.98 Å². The molecule has 0 aliphatic heterocycles. The van der Waals surface area contributed by atoms with Gasteiger partial charge < -0.3 is 5.11 Å². The number of hydrogen-bond donors (Lipinski definition) is 2. The lowest BCUT2D eigenvalue weighted by Crippen LogP contribution is -2.20. The molecule has 1 heterocycles. The number of hydrogen-bond acceptors (Lipinski definition) is 3. The Morgan fingerprint density at radius 2 is 1.95 bits per heavy atom. The summed E-state index contributed by atoms with van der Waals surface area (Å²) < 4.78 is 22.0. The van der Waals surface area contributed by atoms with Crippen LogP contribution in [-0.4, -0.2) is 24.8 Å². The molecule has 0 saturated carbocycles. The van der Waals surface area contributed by atoms with Gasteiger partial charge >= 0.3 is 5.97 Å². The summed E-state index contributed by atoms with van der Waals surface area (Å²) in [5.74, 6) is -0.832. The molecule has 1 atom stereocenters. The van der Waals surface area contributed by atoms with Gasteiger partial charge in [0.1, 0.15) is 5.82 Å². The van der Waals surface area contributed by atoms with Crippen molar-refractivity contribution in [2.75, 3.05) is 4.31 Å². The highest BCUT2D eigenvalue weighted by Crippen LogP contribution is 2.26. The average Bonchev–Trinajstić information content (AvgIpc) is 2.39. The Labute approximate surface area is 118 Å². The van der Waals surface area contributed by atoms with Crippen LogP contribution >= 0.6 is 0 Å². The second-order valence-electron chi connectivity index (χ2n) is 4.02. The fourth-order valence-electron chi connectivity index (χ4n) is 1.71. The van der Waals surface area contributed by atoms with E-state index in [1.165, 1.54) is 18.2 Å². The van der Waals surface area contributed by atoms with Crippen LogP contribution in [0.3, 0.4) is 0 Å². The van der Waals surface area contributed by atoms with Gasteiger partial charge in [0.25, 0.3) is 11.3 Å². The maximum absolute atomic E-state index is 11.5. The average molecular weight is 292 g/mol. The largest absolute Gasteiger partial charge is 0.478 e. The topological polar surface area (TPSA) is 90.7 Å². The zero-order valence-electron chi connectivity index (χ0n) is 10.6. The molecule has 0 aliphatic rings. The summed E-state index contributed by atoms with van der Waals surface area (Å²) in [6.07, 6.45) is 0. The predicted octanol–water partition coefficient (Wildman–Crippen LogP) is 2.36. The molecule has 20 heavy (non-hydrogen) atoms. The van der Waals surface area contributed by atoms with Crippen molar-refractivity contribution in [2.45, 2.75) is 6.92 Å². The molecule has 2 rings (SSSR count). The number of aryl methyl sites for hydroxylation is 1. The van der Waals surface area contributed by atoms with Crippen LogP contribution in [0, 0.1) is 6.92 Å². The van der Waals surface area contributed by atoms with Crippen LogP contribution in [0.25, 0.3) is 0 Å². The monoisotopic (exact) mass is 292 g/mol. The highest BCUT2D eigenvalue weighted by molar-refractivity contribution is 7.81. The Balaban J connectivity index is 2.52. The Morgan fingerprint density at radius 3 is 2.55 bits per heavy atom. The highest BCUT2D eigenvalue weighted by atomic mass is 32.2. The highest BCUT2D eigenvalue weighted by Gasteiger charge is 2.17. The Kier molecular flexibility index (Phi) is 4.11. The van der Waals surface area contributed by atoms with Crippen molar-refractivity contribution in [1.29, 1.82) is 0 Å². The summed E-state index contributed by atoms with van der Waals surface area (Å²) in [4.78, 5) is 15.1. The zero-order chi connectivity index (χ0) is 14.7. The molecule has 2 N–H and O–H groups in total. The summed E-state index contributed by atoms with van der Waals surface area (Å²) in [6, 6.07) is 10.8. The van der Waals surface area contributed by atoms with Crippen molar-refractivity contribution in [3.8, 4) is 0 Å².